The van der Waals surface area contributed by atoms with Gasteiger partial charge in [-0.2, -0.15) is 0 Å². The number of carbonyl (C=O) groups excluding carboxylic acids is 10. The number of Topliss-reactive ketones (excluding diaryl/α,β-unsaturated/α-hetero) is 2. The first kappa shape index (κ1) is 109. The number of nitrogens with one attached hydrogen (secondary N) is 4. The normalized spacial score (nSPS) is 16.6. The van der Waals surface area contributed by atoms with Crippen molar-refractivity contribution in [1.82, 2.24) is 50.9 Å². The Hall–Kier alpha value is -9.53. The van der Waals surface area contributed by atoms with Crippen molar-refractivity contribution >= 4 is 105 Å². The zero-order valence-corrected chi connectivity index (χ0v) is 81.6. The number of aliphatic carboxylic acids is 2. The molecular weight excluding hydrogens is 1690 g/mol. The molecule has 0 bridgehead atoms. The van der Waals surface area contributed by atoms with Crippen LogP contribution in [0.2, 0.25) is 0 Å². The van der Waals surface area contributed by atoms with E-state index >= 15 is 0 Å². The molecule has 31 heteroatoms. The Kier molecular flexibility index (Phi) is 46.2. The summed E-state index contributed by atoms with van der Waals surface area (Å²) in [5.74, 6) is -6.10. The topological polar surface area (TPSA) is 396 Å². The van der Waals surface area contributed by atoms with Crippen molar-refractivity contribution in [2.45, 2.75) is 288 Å². The highest BCUT2D eigenvalue weighted by Gasteiger charge is 2.40. The molecule has 0 saturated carbocycles. The number of piperidine rings is 1. The number of likely N-dealkylation sites (N-methyl/N-ethyl adjacent to an activating group) is 2. The summed E-state index contributed by atoms with van der Waals surface area (Å²) in [6.45, 7) is 33.7. The zero-order chi connectivity index (χ0) is 95.5. The number of ether oxygens (including phenoxy) is 3. The van der Waals surface area contributed by atoms with E-state index in [0.717, 1.165) is 60.9 Å². The van der Waals surface area contributed by atoms with E-state index in [2.05, 4.69) is 55.0 Å². The summed E-state index contributed by atoms with van der Waals surface area (Å²) in [5.41, 5.74) is 11.0. The largest absolute Gasteiger partial charge is 0.481 e. The highest BCUT2D eigenvalue weighted by molar-refractivity contribution is 7.10. The van der Waals surface area contributed by atoms with E-state index in [1.165, 1.54) is 54.8 Å². The Morgan fingerprint density at radius 2 is 0.867 bits per heavy atom. The second-order valence-electron chi connectivity index (χ2n) is 35.7. The Morgan fingerprint density at radius 1 is 0.500 bits per heavy atom. The van der Waals surface area contributed by atoms with Crippen LogP contribution < -0.4 is 27.0 Å². The van der Waals surface area contributed by atoms with Gasteiger partial charge in [0.25, 0.3) is 17.7 Å². The fourth-order valence-corrected chi connectivity index (χ4v) is 18.3. The molecule has 17 atom stereocenters. The molecule has 6 aromatic rings. The molecule has 1 aliphatic rings. The highest BCUT2D eigenvalue weighted by Crippen LogP contribution is 2.36. The van der Waals surface area contributed by atoms with Crippen LogP contribution in [-0.4, -0.2) is 194 Å². The molecule has 4 heterocycles. The maximum Gasteiger partial charge on any atom is 0.306 e. The number of esters is 3. The van der Waals surface area contributed by atoms with Gasteiger partial charge in [-0.1, -0.05) is 200 Å². The van der Waals surface area contributed by atoms with Crippen LogP contribution in [0.4, 0.5) is 0 Å². The number of thiazole rings is 3. The predicted octanol–water partition coefficient (Wildman–Crippen LogP) is 15.3. The number of carboxylic acid groups (broad SMARTS) is 2. The van der Waals surface area contributed by atoms with Crippen LogP contribution >= 0.6 is 34.0 Å². The van der Waals surface area contributed by atoms with Gasteiger partial charge in [-0.05, 0) is 132 Å². The Morgan fingerprint density at radius 3 is 1.20 bits per heavy atom. The van der Waals surface area contributed by atoms with E-state index in [1.807, 2.05) is 168 Å². The number of benzene rings is 3. The van der Waals surface area contributed by atoms with Gasteiger partial charge in [-0.15, -0.1) is 34.0 Å². The van der Waals surface area contributed by atoms with Gasteiger partial charge in [-0.25, -0.2) is 15.0 Å². The first-order valence-electron chi connectivity index (χ1n) is 45.0. The van der Waals surface area contributed by atoms with Crippen molar-refractivity contribution < 1.29 is 82.0 Å². The monoisotopic (exact) mass is 1830 g/mol. The second kappa shape index (κ2) is 54.2. The lowest BCUT2D eigenvalue weighted by molar-refractivity contribution is -0.150. The van der Waals surface area contributed by atoms with E-state index in [1.54, 1.807) is 60.8 Å². The quantitative estimate of drug-likeness (QED) is 0.0138. The number of nitrogens with zero attached hydrogens (tertiary/aromatic N) is 6. The SMILES string of the molecule is CC[C@H](C)[C@H](CC(=O)[C@H]1CCCCN1C)C(=O)N(C)C(C[C@@H](OC(C)=O)c1nc(C(=O)N[C@@H](Cc2ccc(C)cc2)C[C@H](C)C(=O)O)cs1)C(C)C.CC[C@H](C)[C@H](N)C(=O)N(C)[C@@H](C[C@@H](OC(C)=O)c1nc(C(=O)N[C@@H](Cc2ccccc2)C[C@H](C)C(C)=O)cs1)C(C)C.CNC(C[C@@H](OC(C)=O)c1nc(C(=O)N[C@@H](Cc2ccccc2)C[C@H](C)C(=O)O)cs1)C(C)C. The second-order valence-corrected chi connectivity index (χ2v) is 38.4. The van der Waals surface area contributed by atoms with Crippen LogP contribution in [0.5, 0.6) is 0 Å². The molecule has 0 radical (unpaired) electrons. The minimum absolute atomic E-state index is 0.00164. The lowest BCUT2D eigenvalue weighted by atomic mass is 9.83. The number of likely N-dealkylation sites (tertiary alicyclic amines) is 1. The van der Waals surface area contributed by atoms with E-state index < -0.39 is 83.9 Å². The number of aryl methyl sites for hydroxylation is 1. The first-order valence-corrected chi connectivity index (χ1v) is 47.6. The number of rotatable bonds is 48. The van der Waals surface area contributed by atoms with Gasteiger partial charge in [0.15, 0.2) is 24.1 Å². The van der Waals surface area contributed by atoms with Crippen molar-refractivity contribution in [2.24, 2.45) is 59.0 Å². The number of hydrogen-bond donors (Lipinski definition) is 7. The maximum absolute atomic E-state index is 14.2. The predicted molar refractivity (Wildman–Crippen MR) is 501 cm³/mol. The van der Waals surface area contributed by atoms with E-state index in [4.69, 9.17) is 19.9 Å². The van der Waals surface area contributed by atoms with Crippen LogP contribution in [-0.2, 0) is 76.6 Å². The smallest absolute Gasteiger partial charge is 0.306 e. The summed E-state index contributed by atoms with van der Waals surface area (Å²) in [7, 11) is 7.34. The number of carbonyl (C=O) groups is 12. The van der Waals surface area contributed by atoms with Crippen molar-refractivity contribution in [3.05, 3.63) is 155 Å². The van der Waals surface area contributed by atoms with E-state index in [-0.39, 0.29) is 137 Å². The van der Waals surface area contributed by atoms with Crippen LogP contribution in [0.15, 0.2) is 101 Å². The van der Waals surface area contributed by atoms with Crippen LogP contribution in [0.1, 0.15) is 282 Å². The van der Waals surface area contributed by atoms with Gasteiger partial charge in [0, 0.05) is 125 Å². The molecule has 0 spiro atoms. The lowest BCUT2D eigenvalue weighted by Crippen LogP contribution is -2.51. The molecule has 1 aliphatic heterocycles. The van der Waals surface area contributed by atoms with Gasteiger partial charge >= 0.3 is 29.8 Å². The lowest BCUT2D eigenvalue weighted by Gasteiger charge is -2.37. The van der Waals surface area contributed by atoms with Gasteiger partial charge in [0.05, 0.1) is 23.9 Å². The summed E-state index contributed by atoms with van der Waals surface area (Å²) in [6.07, 6.45) is 6.17. The third-order valence-corrected chi connectivity index (χ3v) is 27.1. The molecule has 3 aromatic heterocycles. The Balaban J connectivity index is 0.000000348. The van der Waals surface area contributed by atoms with Gasteiger partial charge < -0.3 is 61.2 Å². The summed E-state index contributed by atoms with van der Waals surface area (Å²) >= 11 is 3.70. The summed E-state index contributed by atoms with van der Waals surface area (Å²) in [6, 6.07) is 24.9. The number of carboxylic acids is 2. The number of ketones is 2. The zero-order valence-electron chi connectivity index (χ0n) is 79.2. The summed E-state index contributed by atoms with van der Waals surface area (Å²) < 4.78 is 17.0. The Labute approximate surface area is 770 Å². The Bertz CT molecular complexity index is 4520. The minimum Gasteiger partial charge on any atom is -0.481 e. The summed E-state index contributed by atoms with van der Waals surface area (Å²) in [4.78, 5) is 171. The molecule has 8 N–H and O–H groups in total. The molecule has 2 unspecified atom stereocenters. The van der Waals surface area contributed by atoms with Crippen molar-refractivity contribution in [3.8, 4) is 0 Å². The third-order valence-electron chi connectivity index (χ3n) is 24.3. The minimum atomic E-state index is -0.939. The molecule has 1 saturated heterocycles. The van der Waals surface area contributed by atoms with Crippen molar-refractivity contribution in [1.29, 1.82) is 0 Å². The number of aromatic nitrogens is 3. The van der Waals surface area contributed by atoms with Crippen LogP contribution in [0.25, 0.3) is 0 Å². The maximum atomic E-state index is 14.2. The molecule has 28 nitrogen and oxygen atoms in total. The average Bonchev–Trinajstić information content (AvgIpc) is 1.64. The number of amides is 5. The van der Waals surface area contributed by atoms with Gasteiger partial charge in [0.2, 0.25) is 11.8 Å². The standard InChI is InChI=1S/C40H60N4O7S.C32H48N4O5S.C25H35N3O5S/c1-10-26(5)31(21-35(46)33-13-11-12-18-43(33)8)39(48)44(9)34(24(2)3)22-36(51-28(7)45)38-42-32(23-52-38)37(47)41-30(19-27(6)40(49)50)20-29-16-14-25(4)15-17-29;1-9-20(4)29(33)32(40)36(8)27(19(2)3)17-28(41-23(7)38)31-35-26(18-42-31)30(39)34-25(15-21(5)22(6)37)16-24-13-11-10-12-14-24;1-15(2)20(26-5)13-22(33-17(4)29)24-28-21(14-34-24)23(30)27-19(11-16(3)25(31)32)12-18-9-7-6-8-10-18/h14-17,23-24,26-27,30-31,33-34,36H,10-13,18-22H2,1-9H3,(H,41,47)(H,49,50);10-14,18-21,25,27-29H,9,15-17,33H2,1-8H3,(H,34,39);6-10,14-16,19-20,22,26H,11-13H2,1-5H3,(H,27,30)(H,31,32)/t26-,27-,30+,31-,33+,34?,36+;20-,21-,25+,27-,28+,29-;16-,19+,20?,22+/m000/s1. The average molecular weight is 1830 g/mol. The molecular formula is C97H143N11O17S3. The fourth-order valence-electron chi connectivity index (χ4n) is 15.7. The number of nitrogens with two attached hydrogens (primary N) is 1. The molecule has 0 aliphatic carbocycles. The molecule has 7 rings (SSSR count). The fraction of sp³-hybridized carbons (Fsp3) is 0.598. The van der Waals surface area contributed by atoms with Crippen LogP contribution in [0, 0.1) is 60.2 Å². The molecule has 1 fully saturated rings. The van der Waals surface area contributed by atoms with E-state index in [9.17, 15) is 67.7 Å². The molecule has 706 valence electrons. The van der Waals surface area contributed by atoms with E-state index in [0.29, 0.717) is 65.9 Å². The number of hydrogen-bond acceptors (Lipinski definition) is 24. The van der Waals surface area contributed by atoms with Crippen LogP contribution in [0.3, 0.4) is 0 Å². The molecule has 128 heavy (non-hydrogen) atoms. The van der Waals surface area contributed by atoms with Crippen molar-refractivity contribution in [2.75, 3.05) is 34.7 Å². The molecule has 5 amide bonds. The van der Waals surface area contributed by atoms with Gasteiger partial charge in [0.1, 0.15) is 37.9 Å². The summed E-state index contributed by atoms with van der Waals surface area (Å²) in [5, 5.41) is 37.5. The first-order chi connectivity index (χ1) is 60.4. The van der Waals surface area contributed by atoms with Gasteiger partial charge in [-0.3, -0.25) is 62.4 Å². The van der Waals surface area contributed by atoms with Crippen molar-refractivity contribution in [3.63, 3.8) is 0 Å². The third kappa shape index (κ3) is 35.7. The molecule has 3 aromatic carbocycles. The highest BCUT2D eigenvalue weighted by atomic mass is 32.1.